The highest BCUT2D eigenvalue weighted by Crippen LogP contribution is 2.22. The van der Waals surface area contributed by atoms with Gasteiger partial charge in [-0.15, -0.1) is 0 Å². The van der Waals surface area contributed by atoms with Crippen molar-refractivity contribution in [1.29, 1.82) is 0 Å². The van der Waals surface area contributed by atoms with Crippen LogP contribution in [0.1, 0.15) is 34.6 Å². The second-order valence-electron chi connectivity index (χ2n) is 5.46. The van der Waals surface area contributed by atoms with E-state index in [2.05, 4.69) is 44.8 Å². The van der Waals surface area contributed by atoms with Crippen LogP contribution in [0.2, 0.25) is 0 Å². The molecular weight excluding hydrogens is 160 g/mol. The molecule has 0 unspecified atom stereocenters. The van der Waals surface area contributed by atoms with E-state index in [1.54, 1.807) is 0 Å². The highest BCUT2D eigenvalue weighted by molar-refractivity contribution is 4.88. The molecule has 1 aliphatic heterocycles. The van der Waals surface area contributed by atoms with Crippen LogP contribution in [-0.4, -0.2) is 36.6 Å². The lowest BCUT2D eigenvalue weighted by molar-refractivity contribution is 0.110. The summed E-state index contributed by atoms with van der Waals surface area (Å²) in [5.41, 5.74) is 0.382. The number of hydrogen-bond donors (Lipinski definition) is 1. The van der Waals surface area contributed by atoms with Crippen LogP contribution in [0, 0.1) is 5.41 Å². The number of nitrogens with zero attached hydrogens (tertiary/aromatic N) is 1. The maximum Gasteiger partial charge on any atom is 0.0244 e. The minimum Gasteiger partial charge on any atom is -0.311 e. The minimum atomic E-state index is 0.382. The van der Waals surface area contributed by atoms with E-state index >= 15 is 0 Å². The molecule has 1 N–H and O–H groups in total. The fraction of sp³-hybridized carbons (Fsp3) is 1.00. The van der Waals surface area contributed by atoms with Gasteiger partial charge in [0.15, 0.2) is 0 Å². The van der Waals surface area contributed by atoms with E-state index in [-0.39, 0.29) is 0 Å². The third-order valence-electron chi connectivity index (χ3n) is 2.98. The van der Waals surface area contributed by atoms with E-state index in [0.717, 1.165) is 6.54 Å². The van der Waals surface area contributed by atoms with Gasteiger partial charge in [-0.2, -0.15) is 0 Å². The summed E-state index contributed by atoms with van der Waals surface area (Å²) in [7, 11) is 0. The van der Waals surface area contributed by atoms with Gasteiger partial charge in [0, 0.05) is 31.7 Å². The van der Waals surface area contributed by atoms with E-state index in [9.17, 15) is 0 Å². The molecule has 1 atom stereocenters. The zero-order chi connectivity index (χ0) is 10.1. The number of piperazine rings is 1. The van der Waals surface area contributed by atoms with Crippen LogP contribution < -0.4 is 5.32 Å². The fourth-order valence-corrected chi connectivity index (χ4v) is 1.82. The van der Waals surface area contributed by atoms with Crippen LogP contribution in [0.25, 0.3) is 0 Å². The summed E-state index contributed by atoms with van der Waals surface area (Å²) in [6.45, 7) is 15.0. The van der Waals surface area contributed by atoms with Crippen molar-refractivity contribution in [2.75, 3.05) is 19.6 Å². The lowest BCUT2D eigenvalue weighted by atomic mass is 9.85. The fourth-order valence-electron chi connectivity index (χ4n) is 1.82. The summed E-state index contributed by atoms with van der Waals surface area (Å²) in [4.78, 5) is 2.56. The molecule has 13 heavy (non-hydrogen) atoms. The van der Waals surface area contributed by atoms with Gasteiger partial charge in [0.2, 0.25) is 0 Å². The Kier molecular flexibility index (Phi) is 3.36. The van der Waals surface area contributed by atoms with Crippen molar-refractivity contribution in [2.24, 2.45) is 5.41 Å². The lowest BCUT2D eigenvalue weighted by Crippen LogP contribution is -2.57. The van der Waals surface area contributed by atoms with Gasteiger partial charge < -0.3 is 5.32 Å². The van der Waals surface area contributed by atoms with Gasteiger partial charge in [0.1, 0.15) is 0 Å². The van der Waals surface area contributed by atoms with Crippen molar-refractivity contribution in [3.05, 3.63) is 0 Å². The van der Waals surface area contributed by atoms with Crippen molar-refractivity contribution in [2.45, 2.75) is 46.7 Å². The third kappa shape index (κ3) is 2.96. The minimum absolute atomic E-state index is 0.382. The van der Waals surface area contributed by atoms with Crippen LogP contribution in [-0.2, 0) is 0 Å². The number of nitrogens with one attached hydrogen (secondary N) is 1. The van der Waals surface area contributed by atoms with Gasteiger partial charge in [0.25, 0.3) is 0 Å². The molecule has 1 saturated heterocycles. The Balaban J connectivity index is 2.52. The Bertz CT molecular complexity index is 158. The van der Waals surface area contributed by atoms with E-state index in [0.29, 0.717) is 17.5 Å². The van der Waals surface area contributed by atoms with Crippen molar-refractivity contribution in [3.63, 3.8) is 0 Å². The molecule has 0 aliphatic carbocycles. The van der Waals surface area contributed by atoms with Crippen molar-refractivity contribution in [3.8, 4) is 0 Å². The highest BCUT2D eigenvalue weighted by atomic mass is 15.2. The van der Waals surface area contributed by atoms with Gasteiger partial charge >= 0.3 is 0 Å². The molecule has 0 aromatic carbocycles. The van der Waals surface area contributed by atoms with Crippen LogP contribution in [0.4, 0.5) is 0 Å². The monoisotopic (exact) mass is 184 g/mol. The summed E-state index contributed by atoms with van der Waals surface area (Å²) in [6, 6.07) is 1.33. The zero-order valence-corrected chi connectivity index (χ0v) is 9.72. The SMILES string of the molecule is CC(C)N1CCN[C@@H](C(C)(C)C)C1. The molecule has 2 nitrogen and oxygen atoms in total. The normalized spacial score (nSPS) is 26.8. The van der Waals surface area contributed by atoms with Crippen molar-refractivity contribution < 1.29 is 0 Å². The number of rotatable bonds is 1. The summed E-state index contributed by atoms with van der Waals surface area (Å²) >= 11 is 0. The van der Waals surface area contributed by atoms with Gasteiger partial charge in [-0.05, 0) is 19.3 Å². The van der Waals surface area contributed by atoms with Crippen molar-refractivity contribution in [1.82, 2.24) is 10.2 Å². The van der Waals surface area contributed by atoms with Crippen LogP contribution in [0.15, 0.2) is 0 Å². The van der Waals surface area contributed by atoms with Gasteiger partial charge in [-0.25, -0.2) is 0 Å². The molecule has 0 aromatic heterocycles. The first-order chi connectivity index (χ1) is 5.91. The summed E-state index contributed by atoms with van der Waals surface area (Å²) < 4.78 is 0. The first kappa shape index (κ1) is 11.0. The van der Waals surface area contributed by atoms with E-state index in [1.165, 1.54) is 13.1 Å². The highest BCUT2D eigenvalue weighted by Gasteiger charge is 2.29. The molecule has 78 valence electrons. The third-order valence-corrected chi connectivity index (χ3v) is 2.98. The summed E-state index contributed by atoms with van der Waals surface area (Å²) in [5, 5.41) is 3.60. The second kappa shape index (κ2) is 3.97. The average molecular weight is 184 g/mol. The second-order valence-corrected chi connectivity index (χ2v) is 5.46. The molecule has 1 rings (SSSR count). The molecule has 0 radical (unpaired) electrons. The maximum absolute atomic E-state index is 3.60. The molecule has 1 heterocycles. The number of hydrogen-bond acceptors (Lipinski definition) is 2. The quantitative estimate of drug-likeness (QED) is 0.667. The molecule has 0 aromatic rings. The predicted octanol–water partition coefficient (Wildman–Crippen LogP) is 1.71. The van der Waals surface area contributed by atoms with E-state index in [4.69, 9.17) is 0 Å². The van der Waals surface area contributed by atoms with Gasteiger partial charge in [-0.1, -0.05) is 20.8 Å². The molecule has 0 amide bonds. The Morgan fingerprint density at radius 2 is 1.92 bits per heavy atom. The van der Waals surface area contributed by atoms with Crippen LogP contribution in [0.5, 0.6) is 0 Å². The summed E-state index contributed by atoms with van der Waals surface area (Å²) in [6.07, 6.45) is 0. The first-order valence-electron chi connectivity index (χ1n) is 5.38. The topological polar surface area (TPSA) is 15.3 Å². The average Bonchev–Trinajstić information content (AvgIpc) is 2.03. The van der Waals surface area contributed by atoms with Gasteiger partial charge in [-0.3, -0.25) is 4.90 Å². The Morgan fingerprint density at radius 3 is 2.38 bits per heavy atom. The molecule has 0 bridgehead atoms. The molecule has 0 spiro atoms. The Labute approximate surface area is 82.7 Å². The zero-order valence-electron chi connectivity index (χ0n) is 9.72. The summed E-state index contributed by atoms with van der Waals surface area (Å²) in [5.74, 6) is 0. The van der Waals surface area contributed by atoms with Crippen LogP contribution >= 0.6 is 0 Å². The van der Waals surface area contributed by atoms with E-state index < -0.39 is 0 Å². The standard InChI is InChI=1S/C11H24N2/c1-9(2)13-7-6-12-10(8-13)11(3,4)5/h9-10,12H,6-8H2,1-5H3/t10-/m1/s1. The smallest absolute Gasteiger partial charge is 0.0244 e. The largest absolute Gasteiger partial charge is 0.311 e. The van der Waals surface area contributed by atoms with Crippen molar-refractivity contribution >= 4 is 0 Å². The van der Waals surface area contributed by atoms with E-state index in [1.807, 2.05) is 0 Å². The predicted molar refractivity (Wildman–Crippen MR) is 58.0 cm³/mol. The molecule has 2 heteroatoms. The maximum atomic E-state index is 3.60. The lowest BCUT2D eigenvalue weighted by Gasteiger charge is -2.42. The molecule has 1 aliphatic rings. The van der Waals surface area contributed by atoms with Gasteiger partial charge in [0.05, 0.1) is 0 Å². The molecule has 0 saturated carbocycles. The Hall–Kier alpha value is -0.0800. The first-order valence-corrected chi connectivity index (χ1v) is 5.38. The molecule has 1 fully saturated rings. The molecular formula is C11H24N2. The van der Waals surface area contributed by atoms with Crippen LogP contribution in [0.3, 0.4) is 0 Å². The Morgan fingerprint density at radius 1 is 1.31 bits per heavy atom.